The summed E-state index contributed by atoms with van der Waals surface area (Å²) < 4.78 is 28.5. The molecule has 1 unspecified atom stereocenters. The van der Waals surface area contributed by atoms with Crippen molar-refractivity contribution < 1.29 is 8.42 Å². The first-order valence-electron chi connectivity index (χ1n) is 5.84. The van der Waals surface area contributed by atoms with Crippen LogP contribution in [0.1, 0.15) is 19.3 Å². The van der Waals surface area contributed by atoms with Crippen LogP contribution in [0.4, 0.5) is 5.13 Å². The molecule has 0 saturated carbocycles. The largest absolute Gasteiger partial charge is 0.318 e. The zero-order valence-electron chi connectivity index (χ0n) is 10.2. The Morgan fingerprint density at radius 1 is 1.56 bits per heavy atom. The summed E-state index contributed by atoms with van der Waals surface area (Å²) >= 11 is 1.17. The number of likely N-dealkylation sites (N-methyl/N-ethyl adjacent to an activating group) is 1. The molecule has 2 heterocycles. The maximum absolute atomic E-state index is 12.3. The van der Waals surface area contributed by atoms with Crippen LogP contribution in [0.5, 0.6) is 0 Å². The van der Waals surface area contributed by atoms with E-state index in [1.165, 1.54) is 21.2 Å². The Morgan fingerprint density at radius 3 is 3.06 bits per heavy atom. The fraction of sp³-hybridized carbons (Fsp3) is 0.778. The van der Waals surface area contributed by atoms with Crippen LogP contribution in [0.25, 0.3) is 0 Å². The normalized spacial score (nSPS) is 21.9. The van der Waals surface area contributed by atoms with Crippen LogP contribution in [0, 0.1) is 0 Å². The van der Waals surface area contributed by atoms with E-state index in [9.17, 15) is 8.42 Å². The van der Waals surface area contributed by atoms with Crippen molar-refractivity contribution in [1.82, 2.24) is 19.8 Å². The molecule has 1 saturated heterocycles. The van der Waals surface area contributed by atoms with Crippen LogP contribution >= 0.6 is 11.3 Å². The lowest BCUT2D eigenvalue weighted by Crippen LogP contribution is -2.49. The summed E-state index contributed by atoms with van der Waals surface area (Å²) in [6.45, 7) is 1.22. The lowest BCUT2D eigenvalue weighted by molar-refractivity contribution is 0.250. The number of hydrogen-bond donors (Lipinski definition) is 2. The lowest BCUT2D eigenvalue weighted by Gasteiger charge is -2.34. The Morgan fingerprint density at radius 2 is 2.39 bits per heavy atom. The Hall–Kier alpha value is -0.770. The van der Waals surface area contributed by atoms with Crippen molar-refractivity contribution in [3.8, 4) is 0 Å². The molecule has 1 aromatic rings. The smallest absolute Gasteiger partial charge is 0.303 e. The third-order valence-corrected chi connectivity index (χ3v) is 5.18. The first-order chi connectivity index (χ1) is 8.63. The maximum atomic E-state index is 12.3. The number of anilines is 1. The van der Waals surface area contributed by atoms with Gasteiger partial charge in [0, 0.05) is 19.1 Å². The predicted octanol–water partition coefficient (Wildman–Crippen LogP) is 0.269. The minimum Gasteiger partial charge on any atom is -0.318 e. The van der Waals surface area contributed by atoms with Crippen molar-refractivity contribution in [1.29, 1.82) is 0 Å². The van der Waals surface area contributed by atoms with Crippen molar-refractivity contribution in [2.24, 2.45) is 0 Å². The van der Waals surface area contributed by atoms with E-state index in [4.69, 9.17) is 0 Å². The second-order valence-corrected chi connectivity index (χ2v) is 6.63. The SMILES string of the molecule is CNCC1CCCCN1S(=O)(=O)Nc1nncs1. The van der Waals surface area contributed by atoms with E-state index >= 15 is 0 Å². The van der Waals surface area contributed by atoms with Gasteiger partial charge < -0.3 is 5.32 Å². The van der Waals surface area contributed by atoms with Gasteiger partial charge in [-0.15, -0.1) is 10.2 Å². The summed E-state index contributed by atoms with van der Waals surface area (Å²) in [5.41, 5.74) is 1.50. The molecule has 1 aliphatic rings. The second-order valence-electron chi connectivity index (χ2n) is 4.17. The number of nitrogens with one attached hydrogen (secondary N) is 2. The first kappa shape index (κ1) is 13.7. The van der Waals surface area contributed by atoms with Crippen LogP contribution in [-0.2, 0) is 10.2 Å². The summed E-state index contributed by atoms with van der Waals surface area (Å²) in [6.07, 6.45) is 2.85. The van der Waals surface area contributed by atoms with E-state index in [0.29, 0.717) is 18.2 Å². The molecule has 1 aliphatic heterocycles. The van der Waals surface area contributed by atoms with Gasteiger partial charge in [0.15, 0.2) is 0 Å². The van der Waals surface area contributed by atoms with Gasteiger partial charge >= 0.3 is 10.2 Å². The van der Waals surface area contributed by atoms with Crippen molar-refractivity contribution in [2.75, 3.05) is 24.9 Å². The van der Waals surface area contributed by atoms with Crippen LogP contribution in [0.3, 0.4) is 0 Å². The highest BCUT2D eigenvalue weighted by molar-refractivity contribution is 7.90. The van der Waals surface area contributed by atoms with Gasteiger partial charge in [0.1, 0.15) is 5.51 Å². The minimum atomic E-state index is -3.53. The Bertz CT molecular complexity index is 459. The minimum absolute atomic E-state index is 0.00849. The Balaban J connectivity index is 2.11. The highest BCUT2D eigenvalue weighted by Crippen LogP contribution is 2.22. The third kappa shape index (κ3) is 3.16. The van der Waals surface area contributed by atoms with Gasteiger partial charge in [-0.25, -0.2) is 4.72 Å². The van der Waals surface area contributed by atoms with Crippen LogP contribution in [0.15, 0.2) is 5.51 Å². The second kappa shape index (κ2) is 5.91. The molecular formula is C9H17N5O2S2. The molecule has 18 heavy (non-hydrogen) atoms. The molecule has 102 valence electrons. The van der Waals surface area contributed by atoms with E-state index in [0.717, 1.165) is 19.3 Å². The van der Waals surface area contributed by atoms with Gasteiger partial charge in [0.05, 0.1) is 0 Å². The molecule has 2 rings (SSSR count). The van der Waals surface area contributed by atoms with Crippen molar-refractivity contribution in [3.63, 3.8) is 0 Å². The fourth-order valence-electron chi connectivity index (χ4n) is 2.12. The van der Waals surface area contributed by atoms with Crippen molar-refractivity contribution in [3.05, 3.63) is 5.51 Å². The molecule has 0 radical (unpaired) electrons. The van der Waals surface area contributed by atoms with Gasteiger partial charge in [-0.3, -0.25) is 0 Å². The highest BCUT2D eigenvalue weighted by Gasteiger charge is 2.32. The molecule has 1 atom stereocenters. The quantitative estimate of drug-likeness (QED) is 0.813. The molecule has 1 fully saturated rings. The standard InChI is InChI=1S/C9H17N5O2S2/c1-10-6-8-4-2-3-5-14(8)18(15,16)13-9-12-11-7-17-9/h7-8,10H,2-6H2,1H3,(H,12,13). The van der Waals surface area contributed by atoms with E-state index in [1.807, 2.05) is 7.05 Å². The molecule has 2 N–H and O–H groups in total. The van der Waals surface area contributed by atoms with E-state index in [1.54, 1.807) is 0 Å². The van der Waals surface area contributed by atoms with E-state index in [-0.39, 0.29) is 6.04 Å². The number of hydrogen-bond acceptors (Lipinski definition) is 6. The topological polar surface area (TPSA) is 87.2 Å². The summed E-state index contributed by atoms with van der Waals surface area (Å²) in [5, 5.41) is 10.7. The molecule has 1 aromatic heterocycles. The zero-order chi connectivity index (χ0) is 13.0. The molecule has 0 aromatic carbocycles. The van der Waals surface area contributed by atoms with Gasteiger partial charge in [0.25, 0.3) is 0 Å². The van der Waals surface area contributed by atoms with Crippen LogP contribution in [-0.4, -0.2) is 49.1 Å². The predicted molar refractivity (Wildman–Crippen MR) is 70.7 cm³/mol. The molecule has 7 nitrogen and oxygen atoms in total. The average molecular weight is 291 g/mol. The van der Waals surface area contributed by atoms with Crippen LogP contribution < -0.4 is 10.0 Å². The number of aromatic nitrogens is 2. The fourth-order valence-corrected chi connectivity index (χ4v) is 4.23. The molecule has 0 bridgehead atoms. The lowest BCUT2D eigenvalue weighted by atomic mass is 10.1. The number of piperidine rings is 1. The van der Waals surface area contributed by atoms with Gasteiger partial charge in [-0.2, -0.15) is 12.7 Å². The zero-order valence-corrected chi connectivity index (χ0v) is 11.8. The van der Waals surface area contributed by atoms with Crippen LogP contribution in [0.2, 0.25) is 0 Å². The third-order valence-electron chi connectivity index (χ3n) is 2.90. The van der Waals surface area contributed by atoms with Gasteiger partial charge in [-0.05, 0) is 19.9 Å². The van der Waals surface area contributed by atoms with E-state index < -0.39 is 10.2 Å². The summed E-state index contributed by atoms with van der Waals surface area (Å²) in [4.78, 5) is 0. The Kier molecular flexibility index (Phi) is 4.49. The number of nitrogens with zero attached hydrogens (tertiary/aromatic N) is 3. The first-order valence-corrected chi connectivity index (χ1v) is 8.16. The monoisotopic (exact) mass is 291 g/mol. The molecule has 0 amide bonds. The molecule has 9 heteroatoms. The molecule has 0 spiro atoms. The van der Waals surface area contributed by atoms with Gasteiger partial charge in [-0.1, -0.05) is 17.8 Å². The van der Waals surface area contributed by atoms with Gasteiger partial charge in [0.2, 0.25) is 5.13 Å². The van der Waals surface area contributed by atoms with Crippen molar-refractivity contribution in [2.45, 2.75) is 25.3 Å². The van der Waals surface area contributed by atoms with Crippen molar-refractivity contribution >= 4 is 26.7 Å². The average Bonchev–Trinajstić information content (AvgIpc) is 2.82. The molecule has 0 aliphatic carbocycles. The summed E-state index contributed by atoms with van der Waals surface area (Å²) in [5.74, 6) is 0. The molecular weight excluding hydrogens is 274 g/mol. The summed E-state index contributed by atoms with van der Waals surface area (Å²) in [6, 6.07) is 0.00849. The maximum Gasteiger partial charge on any atom is 0.303 e. The summed E-state index contributed by atoms with van der Waals surface area (Å²) in [7, 11) is -1.70. The Labute approximate surface area is 111 Å². The number of rotatable bonds is 5. The van der Waals surface area contributed by atoms with E-state index in [2.05, 4.69) is 20.2 Å². The highest BCUT2D eigenvalue weighted by atomic mass is 32.2.